The van der Waals surface area contributed by atoms with Crippen LogP contribution >= 0.6 is 0 Å². The van der Waals surface area contributed by atoms with E-state index in [9.17, 15) is 19.5 Å². The Hall–Kier alpha value is -3.61. The van der Waals surface area contributed by atoms with E-state index in [0.29, 0.717) is 24.5 Å². The highest BCUT2D eigenvalue weighted by Gasteiger charge is 2.14. The molecule has 0 heterocycles. The second-order valence-corrected chi connectivity index (χ2v) is 6.60. The molecule has 3 N–H and O–H groups in total. The number of aliphatic carboxylic acids is 1. The zero-order valence-corrected chi connectivity index (χ0v) is 16.5. The van der Waals surface area contributed by atoms with Crippen LogP contribution in [0.25, 0.3) is 0 Å². The molecule has 1 amide bonds. The van der Waals surface area contributed by atoms with E-state index in [1.54, 1.807) is 36.4 Å². The highest BCUT2D eigenvalue weighted by Crippen LogP contribution is 2.26. The Kier molecular flexibility index (Phi) is 9.12. The summed E-state index contributed by atoms with van der Waals surface area (Å²) in [6.07, 6.45) is 5.17. The van der Waals surface area contributed by atoms with Crippen LogP contribution in [0.3, 0.4) is 0 Å². The lowest BCUT2D eigenvalue weighted by molar-refractivity contribution is -0.131. The fourth-order valence-corrected chi connectivity index (χ4v) is 2.73. The number of carboxylic acids is 1. The predicted octanol–water partition coefficient (Wildman–Crippen LogP) is 3.32. The van der Waals surface area contributed by atoms with Gasteiger partial charge in [-0.15, -0.1) is 0 Å². The molecule has 0 aliphatic rings. The van der Waals surface area contributed by atoms with E-state index in [0.717, 1.165) is 37.8 Å². The number of benzene rings is 2. The van der Waals surface area contributed by atoms with Gasteiger partial charge < -0.3 is 20.3 Å². The van der Waals surface area contributed by atoms with Gasteiger partial charge in [-0.05, 0) is 25.0 Å². The second kappa shape index (κ2) is 12.1. The third-order valence-electron chi connectivity index (χ3n) is 4.27. The number of hydrogen-bond donors (Lipinski definition) is 3. The number of carboxylic acid groups (broad SMARTS) is 1. The molecule has 0 unspecified atom stereocenters. The van der Waals surface area contributed by atoms with Gasteiger partial charge in [0.2, 0.25) is 5.91 Å². The molecule has 0 bridgehead atoms. The minimum Gasteiger partial charge on any atom is -0.507 e. The zero-order valence-electron chi connectivity index (χ0n) is 16.5. The van der Waals surface area contributed by atoms with Crippen LogP contribution in [-0.4, -0.2) is 41.0 Å². The molecule has 0 saturated carbocycles. The lowest BCUT2D eigenvalue weighted by Crippen LogP contribution is -2.22. The smallest absolute Gasteiger partial charge is 0.328 e. The first kappa shape index (κ1) is 22.7. The van der Waals surface area contributed by atoms with Crippen molar-refractivity contribution in [2.75, 3.05) is 13.2 Å². The number of phenolic OH excluding ortho intramolecular Hbond substituents is 1. The van der Waals surface area contributed by atoms with E-state index in [1.165, 1.54) is 6.07 Å². The normalized spacial score (nSPS) is 10.7. The first-order valence-corrected chi connectivity index (χ1v) is 9.72. The van der Waals surface area contributed by atoms with Crippen LogP contribution in [0.1, 0.15) is 41.6 Å². The van der Waals surface area contributed by atoms with Crippen LogP contribution in [0, 0.1) is 0 Å². The number of rotatable bonds is 12. The van der Waals surface area contributed by atoms with Gasteiger partial charge >= 0.3 is 5.97 Å². The number of carbonyl (C=O) groups is 3. The van der Waals surface area contributed by atoms with Gasteiger partial charge in [0, 0.05) is 30.3 Å². The Morgan fingerprint density at radius 2 is 1.67 bits per heavy atom. The first-order valence-electron chi connectivity index (χ1n) is 9.72. The van der Waals surface area contributed by atoms with Crippen molar-refractivity contribution in [3.8, 4) is 11.5 Å². The van der Waals surface area contributed by atoms with Crippen molar-refractivity contribution in [3.63, 3.8) is 0 Å². The van der Waals surface area contributed by atoms with E-state index in [-0.39, 0.29) is 17.1 Å². The molecule has 7 heteroatoms. The molecule has 0 aliphatic heterocycles. The number of hydrogen-bond acceptors (Lipinski definition) is 5. The maximum Gasteiger partial charge on any atom is 0.328 e. The summed E-state index contributed by atoms with van der Waals surface area (Å²) in [5.74, 6) is -1.44. The fraction of sp³-hybridized carbons (Fsp3) is 0.261. The van der Waals surface area contributed by atoms with Crippen molar-refractivity contribution in [2.45, 2.75) is 25.7 Å². The van der Waals surface area contributed by atoms with Gasteiger partial charge in [0.15, 0.2) is 5.78 Å². The Labute approximate surface area is 175 Å². The summed E-state index contributed by atoms with van der Waals surface area (Å²) in [5, 5.41) is 21.2. The highest BCUT2D eigenvalue weighted by atomic mass is 16.5. The molecular weight excluding hydrogens is 386 g/mol. The van der Waals surface area contributed by atoms with Crippen molar-refractivity contribution in [1.82, 2.24) is 5.32 Å². The van der Waals surface area contributed by atoms with Gasteiger partial charge in [-0.25, -0.2) is 4.79 Å². The molecule has 158 valence electrons. The largest absolute Gasteiger partial charge is 0.507 e. The summed E-state index contributed by atoms with van der Waals surface area (Å²) in [4.78, 5) is 34.0. The Bertz CT molecular complexity index is 892. The average molecular weight is 411 g/mol. The second-order valence-electron chi connectivity index (χ2n) is 6.60. The first-order chi connectivity index (χ1) is 14.5. The van der Waals surface area contributed by atoms with E-state index >= 15 is 0 Å². The monoisotopic (exact) mass is 411 g/mol. The minimum atomic E-state index is -1.16. The van der Waals surface area contributed by atoms with Crippen molar-refractivity contribution < 1.29 is 29.3 Å². The summed E-state index contributed by atoms with van der Waals surface area (Å²) in [6.45, 7) is 0.952. The van der Waals surface area contributed by atoms with E-state index in [2.05, 4.69) is 5.32 Å². The van der Waals surface area contributed by atoms with Crippen LogP contribution in [0.4, 0.5) is 0 Å². The molecule has 2 rings (SSSR count). The molecule has 0 atom stereocenters. The molecule has 7 nitrogen and oxygen atoms in total. The fourth-order valence-electron chi connectivity index (χ4n) is 2.73. The van der Waals surface area contributed by atoms with Gasteiger partial charge in [-0.1, -0.05) is 43.2 Å². The molecule has 0 spiro atoms. The number of ether oxygens (including phenoxy) is 1. The van der Waals surface area contributed by atoms with Gasteiger partial charge in [-0.2, -0.15) is 0 Å². The van der Waals surface area contributed by atoms with Gasteiger partial charge in [0.05, 0.1) is 12.2 Å². The summed E-state index contributed by atoms with van der Waals surface area (Å²) >= 11 is 0. The molecule has 0 fully saturated rings. The molecule has 30 heavy (non-hydrogen) atoms. The third-order valence-corrected chi connectivity index (χ3v) is 4.27. The lowest BCUT2D eigenvalue weighted by Gasteiger charge is -2.09. The molecule has 0 aromatic heterocycles. The molecule has 0 saturated heterocycles. The molecule has 2 aromatic rings. The predicted molar refractivity (Wildman–Crippen MR) is 112 cm³/mol. The lowest BCUT2D eigenvalue weighted by atomic mass is 10.0. The summed E-state index contributed by atoms with van der Waals surface area (Å²) in [6, 6.07) is 13.4. The Balaban J connectivity index is 1.65. The zero-order chi connectivity index (χ0) is 21.8. The maximum absolute atomic E-state index is 12.4. The number of nitrogens with one attached hydrogen (secondary N) is 1. The molecular formula is C23H25NO6. The van der Waals surface area contributed by atoms with Crippen LogP contribution in [0.2, 0.25) is 0 Å². The number of aromatic hydroxyl groups is 1. The van der Waals surface area contributed by atoms with Crippen LogP contribution in [-0.2, 0) is 9.59 Å². The van der Waals surface area contributed by atoms with E-state index in [4.69, 9.17) is 9.84 Å². The molecule has 0 radical (unpaired) electrons. The van der Waals surface area contributed by atoms with Crippen LogP contribution in [0.5, 0.6) is 11.5 Å². The number of phenols is 1. The van der Waals surface area contributed by atoms with Crippen LogP contribution < -0.4 is 10.1 Å². The summed E-state index contributed by atoms with van der Waals surface area (Å²) < 4.78 is 5.62. The van der Waals surface area contributed by atoms with Crippen molar-refractivity contribution in [3.05, 3.63) is 71.8 Å². The molecule has 0 aliphatic carbocycles. The highest BCUT2D eigenvalue weighted by molar-refractivity contribution is 6.10. The Morgan fingerprint density at radius 3 is 2.37 bits per heavy atom. The summed E-state index contributed by atoms with van der Waals surface area (Å²) in [5.41, 5.74) is 0.740. The topological polar surface area (TPSA) is 113 Å². The van der Waals surface area contributed by atoms with Crippen molar-refractivity contribution >= 4 is 17.7 Å². The van der Waals surface area contributed by atoms with Gasteiger partial charge in [-0.3, -0.25) is 9.59 Å². The van der Waals surface area contributed by atoms with Crippen LogP contribution in [0.15, 0.2) is 60.7 Å². The standard InChI is InChI=1S/C23H25NO6/c25-20-16-18(10-11-19(20)23(29)17-8-4-3-5-9-17)30-15-7-2-1-6-14-24-21(26)12-13-22(27)28/h3-5,8-13,16,25H,1-2,6-7,14-15H2,(H,24,26)(H,27,28). The van der Waals surface area contributed by atoms with Crippen molar-refractivity contribution in [2.24, 2.45) is 0 Å². The number of ketones is 1. The van der Waals surface area contributed by atoms with Gasteiger partial charge in [0.1, 0.15) is 11.5 Å². The van der Waals surface area contributed by atoms with E-state index < -0.39 is 11.9 Å². The van der Waals surface area contributed by atoms with Crippen molar-refractivity contribution in [1.29, 1.82) is 0 Å². The number of amides is 1. The quantitative estimate of drug-likeness (QED) is 0.281. The van der Waals surface area contributed by atoms with E-state index in [1.807, 2.05) is 6.07 Å². The summed E-state index contributed by atoms with van der Waals surface area (Å²) in [7, 11) is 0. The average Bonchev–Trinajstić information content (AvgIpc) is 2.74. The van der Waals surface area contributed by atoms with Gasteiger partial charge in [0.25, 0.3) is 0 Å². The maximum atomic E-state index is 12.4. The third kappa shape index (κ3) is 7.79. The SMILES string of the molecule is O=C(O)C=CC(=O)NCCCCCCOc1ccc(C(=O)c2ccccc2)c(O)c1. The minimum absolute atomic E-state index is 0.117. The molecule has 2 aromatic carbocycles. The number of carbonyl (C=O) groups excluding carboxylic acids is 2. The Morgan fingerprint density at radius 1 is 0.933 bits per heavy atom. The number of unbranched alkanes of at least 4 members (excludes halogenated alkanes) is 3.